The summed E-state index contributed by atoms with van der Waals surface area (Å²) in [6, 6.07) is 3.49. The van der Waals surface area contributed by atoms with E-state index < -0.39 is 17.8 Å². The Hall–Kier alpha value is -1.76. The average Bonchev–Trinajstić information content (AvgIpc) is 2.28. The molecule has 0 aliphatic carbocycles. The molecule has 4 nitrogen and oxygen atoms in total. The van der Waals surface area contributed by atoms with Gasteiger partial charge < -0.3 is 15.7 Å². The Bertz CT molecular complexity index is 435. The molecule has 0 aliphatic heterocycles. The number of urea groups is 1. The highest BCUT2D eigenvalue weighted by Gasteiger charge is 2.30. The van der Waals surface area contributed by atoms with Crippen molar-refractivity contribution >= 4 is 11.7 Å². The number of halogens is 3. The molecule has 0 saturated carbocycles. The minimum absolute atomic E-state index is 0.0588. The van der Waals surface area contributed by atoms with Crippen LogP contribution < -0.4 is 10.6 Å². The summed E-state index contributed by atoms with van der Waals surface area (Å²) < 4.78 is 37.4. The summed E-state index contributed by atoms with van der Waals surface area (Å²) in [6.45, 7) is 1.60. The predicted octanol–water partition coefficient (Wildman–Crippen LogP) is 2.60. The maximum Gasteiger partial charge on any atom is 0.416 e. The van der Waals surface area contributed by atoms with Crippen LogP contribution in [0.1, 0.15) is 18.9 Å². The standard InChI is InChI=1S/C12H15F3N2O2/c1-8(5-6-18)16-11(19)17-10-4-2-3-9(7-10)12(13,14)15/h2-4,7-8,18H,5-6H2,1H3,(H2,16,17,19)/t8-/m1/s1. The summed E-state index contributed by atoms with van der Waals surface area (Å²) in [5.41, 5.74) is -0.766. The molecule has 0 radical (unpaired) electrons. The maximum atomic E-state index is 12.5. The van der Waals surface area contributed by atoms with Gasteiger partial charge in [-0.2, -0.15) is 13.2 Å². The molecule has 0 aromatic heterocycles. The quantitative estimate of drug-likeness (QED) is 0.791. The zero-order valence-corrected chi connectivity index (χ0v) is 10.3. The zero-order valence-electron chi connectivity index (χ0n) is 10.3. The summed E-state index contributed by atoms with van der Waals surface area (Å²) in [6.07, 6.45) is -4.08. The lowest BCUT2D eigenvalue weighted by Gasteiger charge is -2.14. The number of rotatable bonds is 4. The van der Waals surface area contributed by atoms with Gasteiger partial charge in [0.1, 0.15) is 0 Å². The van der Waals surface area contributed by atoms with Gasteiger partial charge in [-0.3, -0.25) is 0 Å². The fraction of sp³-hybridized carbons (Fsp3) is 0.417. The van der Waals surface area contributed by atoms with E-state index in [0.29, 0.717) is 6.42 Å². The number of hydrogen-bond acceptors (Lipinski definition) is 2. The number of anilines is 1. The van der Waals surface area contributed by atoms with Gasteiger partial charge in [0.2, 0.25) is 0 Å². The van der Waals surface area contributed by atoms with Crippen LogP contribution in [0.25, 0.3) is 0 Å². The highest BCUT2D eigenvalue weighted by molar-refractivity contribution is 5.89. The number of carbonyl (C=O) groups excluding carboxylic acids is 1. The third-order valence-electron chi connectivity index (χ3n) is 2.39. The number of carbonyl (C=O) groups is 1. The topological polar surface area (TPSA) is 61.4 Å². The van der Waals surface area contributed by atoms with Crippen molar-refractivity contribution < 1.29 is 23.1 Å². The Balaban J connectivity index is 2.65. The van der Waals surface area contributed by atoms with E-state index >= 15 is 0 Å². The van der Waals surface area contributed by atoms with Crippen molar-refractivity contribution in [3.05, 3.63) is 29.8 Å². The number of amides is 2. The molecule has 19 heavy (non-hydrogen) atoms. The van der Waals surface area contributed by atoms with Gasteiger partial charge in [-0.1, -0.05) is 6.07 Å². The van der Waals surface area contributed by atoms with Gasteiger partial charge in [-0.05, 0) is 31.5 Å². The van der Waals surface area contributed by atoms with Crippen molar-refractivity contribution in [3.8, 4) is 0 Å². The van der Waals surface area contributed by atoms with E-state index in [9.17, 15) is 18.0 Å². The lowest BCUT2D eigenvalue weighted by Crippen LogP contribution is -2.36. The molecule has 1 rings (SSSR count). The molecule has 0 spiro atoms. The van der Waals surface area contributed by atoms with Crippen LogP contribution >= 0.6 is 0 Å². The minimum Gasteiger partial charge on any atom is -0.396 e. The first-order valence-electron chi connectivity index (χ1n) is 5.68. The smallest absolute Gasteiger partial charge is 0.396 e. The van der Waals surface area contributed by atoms with Crippen LogP contribution in [0.2, 0.25) is 0 Å². The van der Waals surface area contributed by atoms with Gasteiger partial charge in [0.15, 0.2) is 0 Å². The van der Waals surface area contributed by atoms with Crippen LogP contribution in [0.15, 0.2) is 24.3 Å². The van der Waals surface area contributed by atoms with Gasteiger partial charge in [0.25, 0.3) is 0 Å². The van der Waals surface area contributed by atoms with E-state index in [1.807, 2.05) is 0 Å². The highest BCUT2D eigenvalue weighted by Crippen LogP contribution is 2.30. The number of alkyl halides is 3. The molecule has 0 heterocycles. The first kappa shape index (κ1) is 15.3. The second-order valence-electron chi connectivity index (χ2n) is 4.09. The molecule has 3 N–H and O–H groups in total. The van der Waals surface area contributed by atoms with E-state index in [0.717, 1.165) is 12.1 Å². The van der Waals surface area contributed by atoms with Crippen LogP contribution in [-0.4, -0.2) is 23.8 Å². The molecule has 0 aliphatic rings. The molecule has 0 fully saturated rings. The number of aliphatic hydroxyl groups is 1. The van der Waals surface area contributed by atoms with Crippen LogP contribution in [0.3, 0.4) is 0 Å². The van der Waals surface area contributed by atoms with Crippen molar-refractivity contribution in [2.24, 2.45) is 0 Å². The van der Waals surface area contributed by atoms with Gasteiger partial charge in [-0.25, -0.2) is 4.79 Å². The summed E-state index contributed by atoms with van der Waals surface area (Å²) in [5, 5.41) is 13.5. The Morgan fingerprint density at radius 1 is 1.42 bits per heavy atom. The summed E-state index contributed by atoms with van der Waals surface area (Å²) in [5.74, 6) is 0. The Morgan fingerprint density at radius 3 is 2.68 bits per heavy atom. The van der Waals surface area contributed by atoms with Gasteiger partial charge in [0.05, 0.1) is 5.56 Å². The molecule has 1 aromatic carbocycles. The summed E-state index contributed by atoms with van der Waals surface area (Å²) >= 11 is 0. The first-order valence-corrected chi connectivity index (χ1v) is 5.68. The van der Waals surface area contributed by atoms with Crippen molar-refractivity contribution in [1.29, 1.82) is 0 Å². The van der Waals surface area contributed by atoms with Gasteiger partial charge >= 0.3 is 12.2 Å². The van der Waals surface area contributed by atoms with E-state index in [1.54, 1.807) is 6.92 Å². The van der Waals surface area contributed by atoms with Gasteiger partial charge in [0, 0.05) is 18.3 Å². The molecular formula is C12H15F3N2O2. The maximum absolute atomic E-state index is 12.5. The molecule has 2 amide bonds. The van der Waals surface area contributed by atoms with Crippen LogP contribution in [0.5, 0.6) is 0 Å². The zero-order chi connectivity index (χ0) is 14.5. The van der Waals surface area contributed by atoms with E-state index in [2.05, 4.69) is 10.6 Å². The fourth-order valence-corrected chi connectivity index (χ4v) is 1.43. The lowest BCUT2D eigenvalue weighted by molar-refractivity contribution is -0.137. The Labute approximate surface area is 108 Å². The summed E-state index contributed by atoms with van der Waals surface area (Å²) in [7, 11) is 0. The highest BCUT2D eigenvalue weighted by atomic mass is 19.4. The van der Waals surface area contributed by atoms with Crippen molar-refractivity contribution in [3.63, 3.8) is 0 Å². The van der Waals surface area contributed by atoms with Crippen LogP contribution in [0, 0.1) is 0 Å². The minimum atomic E-state index is -4.45. The number of hydrogen-bond donors (Lipinski definition) is 3. The molecule has 1 aromatic rings. The number of nitrogens with one attached hydrogen (secondary N) is 2. The first-order chi connectivity index (χ1) is 8.82. The lowest BCUT2D eigenvalue weighted by atomic mass is 10.2. The summed E-state index contributed by atoms with van der Waals surface area (Å²) in [4.78, 5) is 11.5. The fourth-order valence-electron chi connectivity index (χ4n) is 1.43. The normalized spacial score (nSPS) is 12.9. The molecule has 106 valence electrons. The Morgan fingerprint density at radius 2 is 2.11 bits per heavy atom. The van der Waals surface area contributed by atoms with Gasteiger partial charge in [-0.15, -0.1) is 0 Å². The van der Waals surface area contributed by atoms with E-state index in [4.69, 9.17) is 5.11 Å². The second-order valence-corrected chi connectivity index (χ2v) is 4.09. The second kappa shape index (κ2) is 6.42. The van der Waals surface area contributed by atoms with Crippen molar-refractivity contribution in [2.75, 3.05) is 11.9 Å². The van der Waals surface area contributed by atoms with Crippen LogP contribution in [0.4, 0.5) is 23.7 Å². The third-order valence-corrected chi connectivity index (χ3v) is 2.39. The van der Waals surface area contributed by atoms with Crippen molar-refractivity contribution in [1.82, 2.24) is 5.32 Å². The molecule has 0 unspecified atom stereocenters. The van der Waals surface area contributed by atoms with E-state index in [-0.39, 0.29) is 18.3 Å². The Kier molecular flexibility index (Phi) is 5.17. The average molecular weight is 276 g/mol. The molecule has 0 saturated heterocycles. The molecule has 1 atom stereocenters. The largest absolute Gasteiger partial charge is 0.416 e. The number of benzene rings is 1. The molecular weight excluding hydrogens is 261 g/mol. The SMILES string of the molecule is C[C@H](CCO)NC(=O)Nc1cccc(C(F)(F)F)c1. The van der Waals surface area contributed by atoms with Crippen molar-refractivity contribution in [2.45, 2.75) is 25.6 Å². The number of aliphatic hydroxyl groups excluding tert-OH is 1. The van der Waals surface area contributed by atoms with E-state index in [1.165, 1.54) is 12.1 Å². The monoisotopic (exact) mass is 276 g/mol. The molecule has 7 heteroatoms. The predicted molar refractivity (Wildman–Crippen MR) is 64.8 cm³/mol. The molecule has 0 bridgehead atoms. The third kappa shape index (κ3) is 5.17. The van der Waals surface area contributed by atoms with Crippen LogP contribution in [-0.2, 0) is 6.18 Å².